The summed E-state index contributed by atoms with van der Waals surface area (Å²) >= 11 is 0. The van der Waals surface area contributed by atoms with Gasteiger partial charge in [0.15, 0.2) is 0 Å². The quantitative estimate of drug-likeness (QED) is 0.695. The van der Waals surface area contributed by atoms with Gasteiger partial charge in [0.25, 0.3) is 0 Å². The van der Waals surface area contributed by atoms with Crippen LogP contribution >= 0.6 is 0 Å². The largest absolute Gasteiger partial charge is 0.393 e. The average molecular weight is 359 g/mol. The second-order valence-corrected chi connectivity index (χ2v) is 7.44. The Morgan fingerprint density at radius 3 is 2.62 bits per heavy atom. The van der Waals surface area contributed by atoms with E-state index >= 15 is 0 Å². The number of aliphatic hydroxyl groups excluding tert-OH is 1. The summed E-state index contributed by atoms with van der Waals surface area (Å²) in [7, 11) is 1.77. The molecule has 26 heavy (non-hydrogen) atoms. The van der Waals surface area contributed by atoms with Crippen molar-refractivity contribution in [3.05, 3.63) is 11.8 Å². The Bertz CT molecular complexity index is 625. The van der Waals surface area contributed by atoms with Crippen LogP contribution in [0.15, 0.2) is 6.20 Å². The molecule has 2 saturated carbocycles. The van der Waals surface area contributed by atoms with Crippen LogP contribution in [0.1, 0.15) is 63.4 Å². The molecule has 2 fully saturated rings. The van der Waals surface area contributed by atoms with E-state index in [1.807, 2.05) is 0 Å². The molecule has 7 heteroatoms. The van der Waals surface area contributed by atoms with Crippen LogP contribution in [0.2, 0.25) is 0 Å². The van der Waals surface area contributed by atoms with Crippen LogP contribution in [0.4, 0.5) is 11.8 Å². The van der Waals surface area contributed by atoms with Gasteiger partial charge in [-0.2, -0.15) is 10.2 Å². The molecule has 0 aromatic carbocycles. The summed E-state index contributed by atoms with van der Waals surface area (Å²) in [6, 6.07) is 2.64. The number of aliphatic hydroxyl groups is 1. The van der Waals surface area contributed by atoms with Gasteiger partial charge in [0.1, 0.15) is 17.5 Å². The molecule has 0 bridgehead atoms. The van der Waals surface area contributed by atoms with Crippen LogP contribution in [0.5, 0.6) is 0 Å². The lowest BCUT2D eigenvalue weighted by Gasteiger charge is -2.28. The highest BCUT2D eigenvalue weighted by atomic mass is 16.5. The first-order valence-corrected chi connectivity index (χ1v) is 9.69. The fraction of sp³-hybridized carbons (Fsp3) is 0.737. The standard InChI is InChI=1S/C19H29N5O2/c1-26-17-8-6-14(7-9-17)23-19-21-12-13(11-20)18(24-19)22-15-4-2-3-5-16(25)10-15/h12,14-17,25H,2-10H2,1H3,(H2,21,22,23,24)/t14?,15-,16+,17?/m1/s1. The first-order chi connectivity index (χ1) is 12.7. The number of rotatable bonds is 5. The van der Waals surface area contributed by atoms with Crippen molar-refractivity contribution in [3.63, 3.8) is 0 Å². The number of nitrogens with zero attached hydrogens (tertiary/aromatic N) is 3. The number of methoxy groups -OCH3 is 1. The maximum absolute atomic E-state index is 10.0. The topological polar surface area (TPSA) is 103 Å². The number of ether oxygens (including phenoxy) is 1. The number of hydrogen-bond donors (Lipinski definition) is 3. The van der Waals surface area contributed by atoms with Gasteiger partial charge < -0.3 is 20.5 Å². The molecule has 2 aliphatic carbocycles. The van der Waals surface area contributed by atoms with Gasteiger partial charge in [-0.15, -0.1) is 0 Å². The van der Waals surface area contributed by atoms with E-state index in [0.717, 1.165) is 51.4 Å². The summed E-state index contributed by atoms with van der Waals surface area (Å²) < 4.78 is 5.42. The summed E-state index contributed by atoms with van der Waals surface area (Å²) in [4.78, 5) is 8.86. The highest BCUT2D eigenvalue weighted by Gasteiger charge is 2.23. The Morgan fingerprint density at radius 1 is 1.12 bits per heavy atom. The van der Waals surface area contributed by atoms with Crippen molar-refractivity contribution < 1.29 is 9.84 Å². The maximum atomic E-state index is 10.0. The molecule has 1 aromatic rings. The maximum Gasteiger partial charge on any atom is 0.224 e. The van der Waals surface area contributed by atoms with Crippen molar-refractivity contribution in [2.75, 3.05) is 17.7 Å². The van der Waals surface area contributed by atoms with Crippen molar-refractivity contribution in [2.24, 2.45) is 0 Å². The normalized spacial score (nSPS) is 29.4. The third-order valence-electron chi connectivity index (χ3n) is 5.49. The molecule has 2 atom stereocenters. The summed E-state index contributed by atoms with van der Waals surface area (Å²) in [6.45, 7) is 0. The van der Waals surface area contributed by atoms with E-state index in [1.54, 1.807) is 13.3 Å². The van der Waals surface area contributed by atoms with Crippen molar-refractivity contribution in [1.82, 2.24) is 9.97 Å². The zero-order valence-electron chi connectivity index (χ0n) is 15.4. The highest BCUT2D eigenvalue weighted by molar-refractivity contribution is 5.54. The lowest BCUT2D eigenvalue weighted by Crippen LogP contribution is -2.30. The monoisotopic (exact) mass is 359 g/mol. The summed E-state index contributed by atoms with van der Waals surface area (Å²) in [6.07, 6.45) is 10.4. The summed E-state index contributed by atoms with van der Waals surface area (Å²) in [5.74, 6) is 1.12. The van der Waals surface area contributed by atoms with E-state index in [4.69, 9.17) is 4.74 Å². The van der Waals surface area contributed by atoms with Crippen LogP contribution in [0, 0.1) is 11.3 Å². The van der Waals surface area contributed by atoms with E-state index in [1.165, 1.54) is 0 Å². The molecule has 3 rings (SSSR count). The van der Waals surface area contributed by atoms with E-state index in [0.29, 0.717) is 35.9 Å². The Labute approximate surface area is 155 Å². The molecule has 7 nitrogen and oxygen atoms in total. The Hall–Kier alpha value is -1.91. The summed E-state index contributed by atoms with van der Waals surface area (Å²) in [5, 5.41) is 26.2. The number of nitriles is 1. The zero-order valence-corrected chi connectivity index (χ0v) is 15.4. The van der Waals surface area contributed by atoms with Crippen LogP contribution < -0.4 is 10.6 Å². The van der Waals surface area contributed by atoms with E-state index in [9.17, 15) is 10.4 Å². The predicted molar refractivity (Wildman–Crippen MR) is 99.9 cm³/mol. The first kappa shape index (κ1) is 18.9. The molecule has 1 heterocycles. The van der Waals surface area contributed by atoms with Gasteiger partial charge in [-0.1, -0.05) is 12.8 Å². The second-order valence-electron chi connectivity index (χ2n) is 7.44. The third-order valence-corrected chi connectivity index (χ3v) is 5.49. The lowest BCUT2D eigenvalue weighted by molar-refractivity contribution is 0.0681. The minimum Gasteiger partial charge on any atom is -0.393 e. The minimum atomic E-state index is -0.282. The molecule has 2 aliphatic rings. The van der Waals surface area contributed by atoms with E-state index in [2.05, 4.69) is 26.7 Å². The minimum absolute atomic E-state index is 0.138. The molecule has 0 saturated heterocycles. The van der Waals surface area contributed by atoms with Gasteiger partial charge in [-0.25, -0.2) is 4.98 Å². The molecule has 1 aromatic heterocycles. The second kappa shape index (κ2) is 9.15. The van der Waals surface area contributed by atoms with Crippen LogP contribution in [-0.4, -0.2) is 46.5 Å². The Kier molecular flexibility index (Phi) is 6.64. The van der Waals surface area contributed by atoms with Gasteiger partial charge >= 0.3 is 0 Å². The van der Waals surface area contributed by atoms with Crippen molar-refractivity contribution >= 4 is 11.8 Å². The number of aromatic nitrogens is 2. The first-order valence-electron chi connectivity index (χ1n) is 9.69. The van der Waals surface area contributed by atoms with Gasteiger partial charge in [-0.3, -0.25) is 0 Å². The summed E-state index contributed by atoms with van der Waals surface area (Å²) in [5.41, 5.74) is 0.442. The smallest absolute Gasteiger partial charge is 0.224 e. The van der Waals surface area contributed by atoms with Crippen LogP contribution in [0.3, 0.4) is 0 Å². The average Bonchev–Trinajstić information content (AvgIpc) is 2.86. The predicted octanol–water partition coefficient (Wildman–Crippen LogP) is 2.82. The molecule has 0 unspecified atom stereocenters. The van der Waals surface area contributed by atoms with E-state index < -0.39 is 0 Å². The zero-order chi connectivity index (χ0) is 18.4. The molecule has 142 valence electrons. The van der Waals surface area contributed by atoms with Crippen molar-refractivity contribution in [2.45, 2.75) is 82.1 Å². The Balaban J connectivity index is 1.65. The molecule has 3 N–H and O–H groups in total. The SMILES string of the molecule is COC1CCC(Nc2ncc(C#N)c(N[C@@H]3CCCC[C@H](O)C3)n2)CC1. The van der Waals surface area contributed by atoms with Crippen LogP contribution in [-0.2, 0) is 4.74 Å². The molecular formula is C19H29N5O2. The molecule has 0 aliphatic heterocycles. The third kappa shape index (κ3) is 5.05. The molecular weight excluding hydrogens is 330 g/mol. The van der Waals surface area contributed by atoms with Gasteiger partial charge in [-0.05, 0) is 44.9 Å². The molecule has 0 amide bonds. The molecule has 0 radical (unpaired) electrons. The number of anilines is 2. The molecule has 0 spiro atoms. The van der Waals surface area contributed by atoms with Crippen molar-refractivity contribution in [1.29, 1.82) is 5.26 Å². The lowest BCUT2D eigenvalue weighted by atomic mass is 9.93. The van der Waals surface area contributed by atoms with Crippen molar-refractivity contribution in [3.8, 4) is 6.07 Å². The number of nitrogens with one attached hydrogen (secondary N) is 2. The Morgan fingerprint density at radius 2 is 1.88 bits per heavy atom. The van der Waals surface area contributed by atoms with Gasteiger partial charge in [0, 0.05) is 19.2 Å². The van der Waals surface area contributed by atoms with Crippen LogP contribution in [0.25, 0.3) is 0 Å². The fourth-order valence-corrected chi connectivity index (χ4v) is 3.93. The van der Waals surface area contributed by atoms with Gasteiger partial charge in [0.05, 0.1) is 18.4 Å². The van der Waals surface area contributed by atoms with Gasteiger partial charge in [0.2, 0.25) is 5.95 Å². The number of hydrogen-bond acceptors (Lipinski definition) is 7. The fourth-order valence-electron chi connectivity index (χ4n) is 3.93. The highest BCUT2D eigenvalue weighted by Crippen LogP contribution is 2.25. The van der Waals surface area contributed by atoms with E-state index in [-0.39, 0.29) is 12.1 Å².